The normalized spacial score (nSPS) is 16.2. The summed E-state index contributed by atoms with van der Waals surface area (Å²) >= 11 is 0. The highest BCUT2D eigenvalue weighted by atomic mass is 16.5. The zero-order chi connectivity index (χ0) is 17.9. The number of anilines is 2. The Morgan fingerprint density at radius 3 is 2.62 bits per heavy atom. The fourth-order valence-electron chi connectivity index (χ4n) is 2.32. The van der Waals surface area contributed by atoms with Crippen molar-refractivity contribution >= 4 is 34.9 Å². The molecule has 1 aliphatic heterocycles. The number of Topliss-reactive ketones (excluding diaryl/α,β-unsaturated/α-hetero) is 1. The molecule has 0 fully saturated rings. The molecule has 8 heteroatoms. The molecule has 128 valence electrons. The average molecular weight is 334 g/mol. The molecule has 0 bridgehead atoms. The summed E-state index contributed by atoms with van der Waals surface area (Å²) in [5, 5.41) is 11.2. The van der Waals surface area contributed by atoms with Crippen molar-refractivity contribution in [2.45, 2.75) is 32.8 Å². The minimum absolute atomic E-state index is 0.0517. The third kappa shape index (κ3) is 4.09. The van der Waals surface area contributed by atoms with E-state index >= 15 is 0 Å². The maximum Gasteiger partial charge on any atom is 0.303 e. The molecule has 1 atom stereocenters. The second-order valence-electron chi connectivity index (χ2n) is 5.51. The van der Waals surface area contributed by atoms with Gasteiger partial charge in [0.25, 0.3) is 5.91 Å². The lowest BCUT2D eigenvalue weighted by Crippen LogP contribution is -2.46. The maximum absolute atomic E-state index is 12.2. The van der Waals surface area contributed by atoms with E-state index in [4.69, 9.17) is 9.84 Å². The number of nitrogens with zero attached hydrogens (tertiary/aromatic N) is 1. The molecule has 0 aromatic heterocycles. The van der Waals surface area contributed by atoms with Gasteiger partial charge in [-0.2, -0.15) is 0 Å². The monoisotopic (exact) mass is 334 g/mol. The predicted molar refractivity (Wildman–Crippen MR) is 85.1 cm³/mol. The minimum Gasteiger partial charge on any atom is -0.481 e. The quantitative estimate of drug-likeness (QED) is 0.808. The lowest BCUT2D eigenvalue weighted by molar-refractivity contribution is -0.138. The Morgan fingerprint density at radius 2 is 2.00 bits per heavy atom. The van der Waals surface area contributed by atoms with Gasteiger partial charge >= 0.3 is 5.97 Å². The van der Waals surface area contributed by atoms with Crippen molar-refractivity contribution < 1.29 is 29.0 Å². The predicted octanol–water partition coefficient (Wildman–Crippen LogP) is 1.19. The fraction of sp³-hybridized carbons (Fsp3) is 0.375. The molecule has 0 spiro atoms. The number of carbonyl (C=O) groups is 4. The van der Waals surface area contributed by atoms with Crippen LogP contribution in [-0.4, -0.2) is 41.3 Å². The molecule has 1 aromatic carbocycles. The number of hydrogen-bond donors (Lipinski definition) is 2. The van der Waals surface area contributed by atoms with E-state index in [1.165, 1.54) is 11.8 Å². The number of amides is 2. The highest BCUT2D eigenvalue weighted by Crippen LogP contribution is 2.36. The first-order valence-corrected chi connectivity index (χ1v) is 7.41. The number of benzene rings is 1. The van der Waals surface area contributed by atoms with Gasteiger partial charge < -0.3 is 15.2 Å². The second kappa shape index (κ2) is 7.12. The number of carboxylic acids is 1. The van der Waals surface area contributed by atoms with E-state index in [0.29, 0.717) is 17.1 Å². The van der Waals surface area contributed by atoms with Gasteiger partial charge in [-0.05, 0) is 26.0 Å². The molecule has 2 N–H and O–H groups in total. The van der Waals surface area contributed by atoms with Gasteiger partial charge in [0.15, 0.2) is 6.10 Å². The summed E-state index contributed by atoms with van der Waals surface area (Å²) in [6.07, 6.45) is -1.14. The lowest BCUT2D eigenvalue weighted by atomic mass is 10.1. The molecule has 24 heavy (non-hydrogen) atoms. The van der Waals surface area contributed by atoms with Crippen molar-refractivity contribution in [1.82, 2.24) is 0 Å². The summed E-state index contributed by atoms with van der Waals surface area (Å²) in [5.41, 5.74) is 0.880. The molecule has 0 radical (unpaired) electrons. The standard InChI is InChI=1S/C16H18N2O6/c1-9(19)8-18-12-4-3-11(17-14(20)5-6-15(21)22)7-13(12)24-10(2)16(18)23/h3-4,7,10H,5-6,8H2,1-2H3,(H,17,20)(H,21,22). The third-order valence-electron chi connectivity index (χ3n) is 3.40. The van der Waals surface area contributed by atoms with Crippen molar-refractivity contribution in [2.24, 2.45) is 0 Å². The largest absolute Gasteiger partial charge is 0.481 e. The summed E-state index contributed by atoms with van der Waals surface area (Å²) < 4.78 is 5.53. The van der Waals surface area contributed by atoms with Crippen LogP contribution in [0.1, 0.15) is 26.7 Å². The number of hydrogen-bond acceptors (Lipinski definition) is 5. The van der Waals surface area contributed by atoms with E-state index in [0.717, 1.165) is 0 Å². The van der Waals surface area contributed by atoms with Crippen molar-refractivity contribution in [3.63, 3.8) is 0 Å². The van der Waals surface area contributed by atoms with Crippen molar-refractivity contribution in [1.29, 1.82) is 0 Å². The Hall–Kier alpha value is -2.90. The number of carbonyl (C=O) groups excluding carboxylic acids is 3. The van der Waals surface area contributed by atoms with Crippen LogP contribution in [0.2, 0.25) is 0 Å². The van der Waals surface area contributed by atoms with Crippen LogP contribution in [0, 0.1) is 0 Å². The fourth-order valence-corrected chi connectivity index (χ4v) is 2.32. The topological polar surface area (TPSA) is 113 Å². The second-order valence-corrected chi connectivity index (χ2v) is 5.51. The summed E-state index contributed by atoms with van der Waals surface area (Å²) in [6, 6.07) is 4.69. The summed E-state index contributed by atoms with van der Waals surface area (Å²) in [6.45, 7) is 2.92. The Bertz CT molecular complexity index is 700. The first kappa shape index (κ1) is 17.5. The average Bonchev–Trinajstić information content (AvgIpc) is 2.49. The first-order valence-electron chi connectivity index (χ1n) is 7.41. The molecule has 1 heterocycles. The van der Waals surface area contributed by atoms with Crippen LogP contribution in [0.3, 0.4) is 0 Å². The number of nitrogens with one attached hydrogen (secondary N) is 1. The molecule has 1 unspecified atom stereocenters. The smallest absolute Gasteiger partial charge is 0.303 e. The number of fused-ring (bicyclic) bond motifs is 1. The highest BCUT2D eigenvalue weighted by Gasteiger charge is 2.32. The molecule has 0 saturated heterocycles. The molecule has 1 aromatic rings. The molecule has 8 nitrogen and oxygen atoms in total. The molecule has 2 rings (SSSR count). The van der Waals surface area contributed by atoms with Crippen molar-refractivity contribution in [3.05, 3.63) is 18.2 Å². The number of ketones is 1. The Kier molecular flexibility index (Phi) is 5.18. The minimum atomic E-state index is -1.05. The van der Waals surface area contributed by atoms with E-state index in [9.17, 15) is 19.2 Å². The van der Waals surface area contributed by atoms with Crippen molar-refractivity contribution in [3.8, 4) is 5.75 Å². The van der Waals surface area contributed by atoms with Gasteiger partial charge in [-0.1, -0.05) is 0 Å². The Morgan fingerprint density at radius 1 is 1.29 bits per heavy atom. The van der Waals surface area contributed by atoms with Crippen LogP contribution < -0.4 is 15.0 Å². The van der Waals surface area contributed by atoms with Crippen LogP contribution in [0.15, 0.2) is 18.2 Å². The molecule has 1 aliphatic rings. The number of aliphatic carboxylic acids is 1. The van der Waals surface area contributed by atoms with Crippen molar-refractivity contribution in [2.75, 3.05) is 16.8 Å². The van der Waals surface area contributed by atoms with Gasteiger partial charge in [0.05, 0.1) is 18.7 Å². The van der Waals surface area contributed by atoms with Gasteiger partial charge in [0, 0.05) is 18.2 Å². The van der Waals surface area contributed by atoms with Crippen LogP contribution in [0.25, 0.3) is 0 Å². The molecular weight excluding hydrogens is 316 g/mol. The van der Waals surface area contributed by atoms with E-state index in [2.05, 4.69) is 5.32 Å². The molecule has 2 amide bonds. The van der Waals surface area contributed by atoms with E-state index in [-0.39, 0.29) is 31.1 Å². The zero-order valence-corrected chi connectivity index (χ0v) is 13.4. The Balaban J connectivity index is 2.19. The summed E-state index contributed by atoms with van der Waals surface area (Å²) in [4.78, 5) is 47.0. The Labute approximate surface area is 138 Å². The van der Waals surface area contributed by atoms with Crippen LogP contribution in [-0.2, 0) is 19.2 Å². The van der Waals surface area contributed by atoms with Gasteiger partial charge in [-0.15, -0.1) is 0 Å². The zero-order valence-electron chi connectivity index (χ0n) is 13.4. The van der Waals surface area contributed by atoms with Crippen LogP contribution >= 0.6 is 0 Å². The molecule has 0 saturated carbocycles. The maximum atomic E-state index is 12.2. The van der Waals surface area contributed by atoms with Crippen LogP contribution in [0.5, 0.6) is 5.75 Å². The number of rotatable bonds is 6. The van der Waals surface area contributed by atoms with Crippen LogP contribution in [0.4, 0.5) is 11.4 Å². The SMILES string of the molecule is CC(=O)CN1C(=O)C(C)Oc2cc(NC(=O)CCC(=O)O)ccc21. The van der Waals surface area contributed by atoms with Gasteiger partial charge in [0.1, 0.15) is 11.5 Å². The van der Waals surface area contributed by atoms with E-state index in [1.807, 2.05) is 0 Å². The first-order chi connectivity index (χ1) is 11.3. The number of carboxylic acid groups (broad SMARTS) is 1. The molecule has 0 aliphatic carbocycles. The van der Waals surface area contributed by atoms with E-state index < -0.39 is 18.0 Å². The lowest BCUT2D eigenvalue weighted by Gasteiger charge is -2.32. The van der Waals surface area contributed by atoms with Gasteiger partial charge in [0.2, 0.25) is 5.91 Å². The summed E-state index contributed by atoms with van der Waals surface area (Å²) in [7, 11) is 0. The van der Waals surface area contributed by atoms with Gasteiger partial charge in [-0.25, -0.2) is 0 Å². The molecular formula is C16H18N2O6. The highest BCUT2D eigenvalue weighted by molar-refractivity contribution is 6.04. The van der Waals surface area contributed by atoms with Gasteiger partial charge in [-0.3, -0.25) is 24.1 Å². The number of ether oxygens (including phenoxy) is 1. The third-order valence-corrected chi connectivity index (χ3v) is 3.40. The summed E-state index contributed by atoms with van der Waals surface area (Å²) in [5.74, 6) is -1.58. The van der Waals surface area contributed by atoms with E-state index in [1.54, 1.807) is 25.1 Å².